The van der Waals surface area contributed by atoms with E-state index in [2.05, 4.69) is 5.32 Å². The van der Waals surface area contributed by atoms with Crippen molar-refractivity contribution >= 4 is 21.6 Å². The summed E-state index contributed by atoms with van der Waals surface area (Å²) in [6, 6.07) is 8.26. The lowest BCUT2D eigenvalue weighted by Crippen LogP contribution is -2.40. The van der Waals surface area contributed by atoms with Crippen molar-refractivity contribution in [3.05, 3.63) is 41.9 Å². The Morgan fingerprint density at radius 2 is 1.96 bits per heavy atom. The van der Waals surface area contributed by atoms with Crippen LogP contribution in [0.15, 0.2) is 39.6 Å². The summed E-state index contributed by atoms with van der Waals surface area (Å²) in [5, 5.41) is 2.70. The Labute approximate surface area is 158 Å². The molecule has 9 heteroatoms. The smallest absolute Gasteiger partial charge is 0.291 e. The first-order chi connectivity index (χ1) is 12.9. The minimum Gasteiger partial charge on any atom is -0.492 e. The molecule has 1 N–H and O–H groups in total. The van der Waals surface area contributed by atoms with Gasteiger partial charge in [0.15, 0.2) is 5.76 Å². The van der Waals surface area contributed by atoms with Crippen LogP contribution in [0.1, 0.15) is 23.2 Å². The van der Waals surface area contributed by atoms with Crippen LogP contribution in [0, 0.1) is 6.92 Å². The summed E-state index contributed by atoms with van der Waals surface area (Å²) in [6.45, 7) is 5.06. The summed E-state index contributed by atoms with van der Waals surface area (Å²) in [5.74, 6) is 0.0711. The molecule has 0 unspecified atom stereocenters. The summed E-state index contributed by atoms with van der Waals surface area (Å²) in [4.78, 5) is 12.5. The van der Waals surface area contributed by atoms with Gasteiger partial charge >= 0.3 is 0 Å². The highest BCUT2D eigenvalue weighted by atomic mass is 32.2. The number of hydrogen-bond acceptors (Lipinski definition) is 6. The Kier molecular flexibility index (Phi) is 5.83. The molecule has 0 atom stereocenters. The predicted molar refractivity (Wildman–Crippen MR) is 98.6 cm³/mol. The van der Waals surface area contributed by atoms with Crippen LogP contribution in [-0.4, -0.2) is 51.5 Å². The maximum atomic E-state index is 12.8. The van der Waals surface area contributed by atoms with E-state index < -0.39 is 15.9 Å². The second-order valence-electron chi connectivity index (χ2n) is 5.93. The molecule has 146 valence electrons. The molecular weight excluding hydrogens is 372 g/mol. The molecule has 3 rings (SSSR count). The highest BCUT2D eigenvalue weighted by molar-refractivity contribution is 7.89. The molecule has 8 nitrogen and oxygen atoms in total. The summed E-state index contributed by atoms with van der Waals surface area (Å²) in [6.07, 6.45) is 0. The van der Waals surface area contributed by atoms with Crippen molar-refractivity contribution in [1.29, 1.82) is 0 Å². The molecule has 2 aromatic rings. The zero-order valence-corrected chi connectivity index (χ0v) is 16.0. The second kappa shape index (κ2) is 8.12. The summed E-state index contributed by atoms with van der Waals surface area (Å²) < 4.78 is 43.0. The molecule has 1 amide bonds. The quantitative estimate of drug-likeness (QED) is 0.807. The number of para-hydroxylation sites is 2. The zero-order valence-electron chi connectivity index (χ0n) is 15.2. The second-order valence-corrected chi connectivity index (χ2v) is 7.84. The first-order valence-electron chi connectivity index (χ1n) is 8.65. The minimum atomic E-state index is -3.74. The number of furan rings is 1. The Morgan fingerprint density at radius 3 is 2.67 bits per heavy atom. The third kappa shape index (κ3) is 4.15. The third-order valence-electron chi connectivity index (χ3n) is 4.12. The van der Waals surface area contributed by atoms with Crippen LogP contribution < -0.4 is 10.1 Å². The molecule has 1 fully saturated rings. The van der Waals surface area contributed by atoms with Crippen LogP contribution in [0.25, 0.3) is 0 Å². The lowest BCUT2D eigenvalue weighted by atomic mass is 10.3. The van der Waals surface area contributed by atoms with E-state index in [1.807, 2.05) is 6.92 Å². The van der Waals surface area contributed by atoms with Gasteiger partial charge in [-0.2, -0.15) is 4.31 Å². The van der Waals surface area contributed by atoms with Crippen LogP contribution in [0.4, 0.5) is 5.69 Å². The number of aryl methyl sites for hydroxylation is 1. The standard InChI is InChI=1S/C18H22N2O6S/c1-3-25-15-7-5-4-6-14(15)19-18(21)16-12-17(13(2)26-16)27(22,23)20-8-10-24-11-9-20/h4-7,12H,3,8-11H2,1-2H3,(H,19,21). The Bertz CT molecular complexity index is 916. The van der Waals surface area contributed by atoms with Gasteiger partial charge in [0, 0.05) is 19.2 Å². The van der Waals surface area contributed by atoms with Gasteiger partial charge in [-0.15, -0.1) is 0 Å². The molecule has 1 aromatic carbocycles. The number of rotatable bonds is 6. The monoisotopic (exact) mass is 394 g/mol. The highest BCUT2D eigenvalue weighted by Gasteiger charge is 2.31. The number of carbonyl (C=O) groups excluding carboxylic acids is 1. The van der Waals surface area contributed by atoms with Gasteiger partial charge in [-0.1, -0.05) is 12.1 Å². The number of hydrogen-bond donors (Lipinski definition) is 1. The third-order valence-corrected chi connectivity index (χ3v) is 6.13. The fourth-order valence-electron chi connectivity index (χ4n) is 2.79. The molecule has 1 saturated heterocycles. The van der Waals surface area contributed by atoms with E-state index in [4.69, 9.17) is 13.9 Å². The topological polar surface area (TPSA) is 98.1 Å². The number of nitrogens with zero attached hydrogens (tertiary/aromatic N) is 1. The zero-order chi connectivity index (χ0) is 19.4. The van der Waals surface area contributed by atoms with Crippen LogP contribution >= 0.6 is 0 Å². The lowest BCUT2D eigenvalue weighted by Gasteiger charge is -2.25. The molecule has 0 spiro atoms. The summed E-state index contributed by atoms with van der Waals surface area (Å²) in [7, 11) is -3.74. The Morgan fingerprint density at radius 1 is 1.26 bits per heavy atom. The SMILES string of the molecule is CCOc1ccccc1NC(=O)c1cc(S(=O)(=O)N2CCOCC2)c(C)o1. The van der Waals surface area contributed by atoms with E-state index in [0.29, 0.717) is 31.3 Å². The number of amides is 1. The first-order valence-corrected chi connectivity index (χ1v) is 10.1. The van der Waals surface area contributed by atoms with Gasteiger partial charge in [-0.25, -0.2) is 8.42 Å². The maximum Gasteiger partial charge on any atom is 0.291 e. The molecule has 1 aromatic heterocycles. The average molecular weight is 394 g/mol. The van der Waals surface area contributed by atoms with Crippen LogP contribution in [0.2, 0.25) is 0 Å². The van der Waals surface area contributed by atoms with E-state index in [9.17, 15) is 13.2 Å². The number of sulfonamides is 1. The van der Waals surface area contributed by atoms with Gasteiger partial charge in [0.25, 0.3) is 5.91 Å². The number of anilines is 1. The summed E-state index contributed by atoms with van der Waals surface area (Å²) >= 11 is 0. The van der Waals surface area contributed by atoms with Crippen molar-refractivity contribution in [2.75, 3.05) is 38.2 Å². The molecule has 0 aliphatic carbocycles. The van der Waals surface area contributed by atoms with Crippen molar-refractivity contribution < 1.29 is 27.1 Å². The molecule has 0 radical (unpaired) electrons. The van der Waals surface area contributed by atoms with E-state index in [0.717, 1.165) is 0 Å². The van der Waals surface area contributed by atoms with E-state index in [-0.39, 0.29) is 29.5 Å². The highest BCUT2D eigenvalue weighted by Crippen LogP contribution is 2.27. The maximum absolute atomic E-state index is 12.8. The normalized spacial score (nSPS) is 15.5. The minimum absolute atomic E-state index is 0.00681. The van der Waals surface area contributed by atoms with Crippen molar-refractivity contribution in [3.8, 4) is 5.75 Å². The molecule has 1 aliphatic rings. The van der Waals surface area contributed by atoms with Gasteiger partial charge in [-0.3, -0.25) is 4.79 Å². The molecule has 2 heterocycles. The van der Waals surface area contributed by atoms with E-state index >= 15 is 0 Å². The van der Waals surface area contributed by atoms with Gasteiger partial charge in [-0.05, 0) is 26.0 Å². The first kappa shape index (κ1) is 19.4. The van der Waals surface area contributed by atoms with Gasteiger partial charge in [0.1, 0.15) is 16.4 Å². The summed E-state index contributed by atoms with van der Waals surface area (Å²) in [5.41, 5.74) is 0.482. The average Bonchev–Trinajstić information content (AvgIpc) is 3.07. The predicted octanol–water partition coefficient (Wildman–Crippen LogP) is 2.26. The number of carbonyl (C=O) groups is 1. The van der Waals surface area contributed by atoms with Crippen molar-refractivity contribution in [2.24, 2.45) is 0 Å². The largest absolute Gasteiger partial charge is 0.492 e. The van der Waals surface area contributed by atoms with Crippen LogP contribution in [-0.2, 0) is 14.8 Å². The van der Waals surface area contributed by atoms with Crippen molar-refractivity contribution in [2.45, 2.75) is 18.7 Å². The fourth-order valence-corrected chi connectivity index (χ4v) is 4.36. The van der Waals surface area contributed by atoms with Gasteiger partial charge in [0.2, 0.25) is 10.0 Å². The van der Waals surface area contributed by atoms with Crippen molar-refractivity contribution in [1.82, 2.24) is 4.31 Å². The molecule has 0 saturated carbocycles. The van der Waals surface area contributed by atoms with Crippen LogP contribution in [0.5, 0.6) is 5.75 Å². The van der Waals surface area contributed by atoms with Gasteiger partial charge in [0.05, 0.1) is 25.5 Å². The number of morpholine rings is 1. The molecule has 27 heavy (non-hydrogen) atoms. The Hall–Kier alpha value is -2.36. The number of nitrogens with one attached hydrogen (secondary N) is 1. The van der Waals surface area contributed by atoms with Crippen LogP contribution in [0.3, 0.4) is 0 Å². The number of ether oxygens (including phenoxy) is 2. The fraction of sp³-hybridized carbons (Fsp3) is 0.389. The Balaban J connectivity index is 1.83. The van der Waals surface area contributed by atoms with Crippen molar-refractivity contribution in [3.63, 3.8) is 0 Å². The lowest BCUT2D eigenvalue weighted by molar-refractivity contribution is 0.0730. The molecule has 0 bridgehead atoms. The molecule has 1 aliphatic heterocycles. The van der Waals surface area contributed by atoms with Gasteiger partial charge < -0.3 is 19.2 Å². The van der Waals surface area contributed by atoms with E-state index in [1.54, 1.807) is 24.3 Å². The molecular formula is C18H22N2O6S. The van der Waals surface area contributed by atoms with E-state index in [1.165, 1.54) is 17.3 Å². The number of benzene rings is 1.